The normalized spacial score (nSPS) is 12.0. The van der Waals surface area contributed by atoms with Crippen LogP contribution in [0.5, 0.6) is 0 Å². The predicted octanol–water partition coefficient (Wildman–Crippen LogP) is 3.75. The minimum atomic E-state index is -0.521. The van der Waals surface area contributed by atoms with Crippen molar-refractivity contribution >= 4 is 11.6 Å². The Morgan fingerprint density at radius 3 is 2.52 bits per heavy atom. The maximum atomic E-state index is 13.6. The average Bonchev–Trinajstić information content (AvgIpc) is 2.48. The van der Waals surface area contributed by atoms with E-state index >= 15 is 0 Å². The van der Waals surface area contributed by atoms with Crippen molar-refractivity contribution in [1.29, 1.82) is 0 Å². The summed E-state index contributed by atoms with van der Waals surface area (Å²) in [6.07, 6.45) is 0. The molecule has 1 unspecified atom stereocenters. The molecule has 0 aliphatic rings. The number of amides is 1. The second kappa shape index (κ2) is 6.99. The predicted molar refractivity (Wildman–Crippen MR) is 82.9 cm³/mol. The minimum absolute atomic E-state index is 0.0448. The fourth-order valence-electron chi connectivity index (χ4n) is 2.24. The molecule has 0 aromatic heterocycles. The van der Waals surface area contributed by atoms with Crippen LogP contribution in [0.2, 0.25) is 0 Å². The molecule has 1 atom stereocenters. The number of carbonyl (C=O) groups excluding carboxylic acids is 1. The van der Waals surface area contributed by atoms with E-state index in [-0.39, 0.29) is 11.6 Å². The SMILES string of the molecule is CCNC(C)c1ccccc1NC(=O)c1ccccc1F. The molecule has 110 valence electrons. The summed E-state index contributed by atoms with van der Waals surface area (Å²) in [5.41, 5.74) is 1.71. The molecule has 2 aromatic carbocycles. The molecule has 3 nitrogen and oxygen atoms in total. The lowest BCUT2D eigenvalue weighted by Gasteiger charge is -2.17. The molecule has 0 bridgehead atoms. The van der Waals surface area contributed by atoms with Crippen molar-refractivity contribution in [3.8, 4) is 0 Å². The zero-order chi connectivity index (χ0) is 15.2. The maximum absolute atomic E-state index is 13.6. The molecule has 2 rings (SSSR count). The van der Waals surface area contributed by atoms with Crippen LogP contribution in [-0.4, -0.2) is 12.5 Å². The number of para-hydroxylation sites is 1. The van der Waals surface area contributed by atoms with Crippen LogP contribution in [-0.2, 0) is 0 Å². The molecule has 0 saturated carbocycles. The largest absolute Gasteiger partial charge is 0.322 e. The summed E-state index contributed by atoms with van der Waals surface area (Å²) in [6, 6.07) is 13.6. The van der Waals surface area contributed by atoms with E-state index in [9.17, 15) is 9.18 Å². The number of benzene rings is 2. The maximum Gasteiger partial charge on any atom is 0.258 e. The van der Waals surface area contributed by atoms with Crippen LogP contribution in [0.4, 0.5) is 10.1 Å². The first-order valence-electron chi connectivity index (χ1n) is 7.01. The van der Waals surface area contributed by atoms with Crippen LogP contribution in [0.3, 0.4) is 0 Å². The molecule has 1 amide bonds. The van der Waals surface area contributed by atoms with Gasteiger partial charge in [-0.3, -0.25) is 4.79 Å². The highest BCUT2D eigenvalue weighted by Gasteiger charge is 2.14. The van der Waals surface area contributed by atoms with Gasteiger partial charge in [0.05, 0.1) is 5.56 Å². The summed E-state index contributed by atoms with van der Waals surface area (Å²) in [5, 5.41) is 6.09. The van der Waals surface area contributed by atoms with Crippen molar-refractivity contribution < 1.29 is 9.18 Å². The topological polar surface area (TPSA) is 41.1 Å². The monoisotopic (exact) mass is 286 g/mol. The van der Waals surface area contributed by atoms with Gasteiger partial charge in [-0.25, -0.2) is 4.39 Å². The summed E-state index contributed by atoms with van der Waals surface area (Å²) in [5.74, 6) is -0.962. The third-order valence-electron chi connectivity index (χ3n) is 3.30. The summed E-state index contributed by atoms with van der Waals surface area (Å²) in [7, 11) is 0. The molecule has 2 aromatic rings. The minimum Gasteiger partial charge on any atom is -0.322 e. The Morgan fingerprint density at radius 2 is 1.81 bits per heavy atom. The Morgan fingerprint density at radius 1 is 1.14 bits per heavy atom. The molecule has 21 heavy (non-hydrogen) atoms. The summed E-state index contributed by atoms with van der Waals surface area (Å²) < 4.78 is 13.6. The highest BCUT2D eigenvalue weighted by molar-refractivity contribution is 6.04. The lowest BCUT2D eigenvalue weighted by atomic mass is 10.1. The zero-order valence-electron chi connectivity index (χ0n) is 12.2. The highest BCUT2D eigenvalue weighted by atomic mass is 19.1. The number of hydrogen-bond acceptors (Lipinski definition) is 2. The lowest BCUT2D eigenvalue weighted by molar-refractivity contribution is 0.102. The second-order valence-electron chi connectivity index (χ2n) is 4.80. The fraction of sp³-hybridized carbons (Fsp3) is 0.235. The van der Waals surface area contributed by atoms with Crippen molar-refractivity contribution in [2.75, 3.05) is 11.9 Å². The smallest absolute Gasteiger partial charge is 0.258 e. The van der Waals surface area contributed by atoms with E-state index in [1.807, 2.05) is 38.1 Å². The first-order chi connectivity index (χ1) is 10.1. The third-order valence-corrected chi connectivity index (χ3v) is 3.30. The van der Waals surface area contributed by atoms with Gasteiger partial charge < -0.3 is 10.6 Å². The van der Waals surface area contributed by atoms with E-state index < -0.39 is 11.7 Å². The van der Waals surface area contributed by atoms with Crippen LogP contribution < -0.4 is 10.6 Å². The summed E-state index contributed by atoms with van der Waals surface area (Å²) in [6.45, 7) is 4.88. The van der Waals surface area contributed by atoms with Gasteiger partial charge in [0.25, 0.3) is 5.91 Å². The molecular formula is C17H19FN2O. The van der Waals surface area contributed by atoms with Gasteiger partial charge in [-0.2, -0.15) is 0 Å². The molecule has 0 aliphatic heterocycles. The quantitative estimate of drug-likeness (QED) is 0.879. The molecule has 4 heteroatoms. The average molecular weight is 286 g/mol. The Balaban J connectivity index is 2.24. The molecule has 0 radical (unpaired) electrons. The van der Waals surface area contributed by atoms with Crippen LogP contribution >= 0.6 is 0 Å². The van der Waals surface area contributed by atoms with Crippen molar-refractivity contribution in [3.05, 3.63) is 65.5 Å². The van der Waals surface area contributed by atoms with Gasteiger partial charge >= 0.3 is 0 Å². The number of anilines is 1. The van der Waals surface area contributed by atoms with Crippen molar-refractivity contribution in [2.45, 2.75) is 19.9 Å². The first kappa shape index (κ1) is 15.2. The van der Waals surface area contributed by atoms with Gasteiger partial charge in [-0.05, 0) is 37.2 Å². The molecule has 0 fully saturated rings. The van der Waals surface area contributed by atoms with Crippen molar-refractivity contribution in [3.63, 3.8) is 0 Å². The highest BCUT2D eigenvalue weighted by Crippen LogP contribution is 2.23. The van der Waals surface area contributed by atoms with Gasteiger partial charge in [0.2, 0.25) is 0 Å². The standard InChI is InChI=1S/C17H19FN2O/c1-3-19-12(2)13-8-5-7-11-16(13)20-17(21)14-9-4-6-10-15(14)18/h4-12,19H,3H2,1-2H3,(H,20,21). The Kier molecular flexibility index (Phi) is 5.06. The van der Waals surface area contributed by atoms with E-state index in [0.29, 0.717) is 5.69 Å². The van der Waals surface area contributed by atoms with E-state index in [1.54, 1.807) is 12.1 Å². The molecule has 0 heterocycles. The number of rotatable bonds is 5. The Bertz CT molecular complexity index is 628. The molecule has 0 aliphatic carbocycles. The van der Waals surface area contributed by atoms with E-state index in [4.69, 9.17) is 0 Å². The van der Waals surface area contributed by atoms with Gasteiger partial charge in [-0.15, -0.1) is 0 Å². The van der Waals surface area contributed by atoms with Gasteiger partial charge in [0, 0.05) is 11.7 Å². The van der Waals surface area contributed by atoms with E-state index in [2.05, 4.69) is 10.6 Å². The van der Waals surface area contributed by atoms with Gasteiger partial charge in [0.15, 0.2) is 0 Å². The van der Waals surface area contributed by atoms with Gasteiger partial charge in [-0.1, -0.05) is 37.3 Å². The molecular weight excluding hydrogens is 267 g/mol. The van der Waals surface area contributed by atoms with E-state index in [1.165, 1.54) is 12.1 Å². The van der Waals surface area contributed by atoms with Crippen LogP contribution in [0.15, 0.2) is 48.5 Å². The van der Waals surface area contributed by atoms with Crippen LogP contribution in [0, 0.1) is 5.82 Å². The lowest BCUT2D eigenvalue weighted by Crippen LogP contribution is -2.21. The summed E-state index contributed by atoms with van der Waals surface area (Å²) in [4.78, 5) is 12.2. The van der Waals surface area contributed by atoms with E-state index in [0.717, 1.165) is 12.1 Å². The fourth-order valence-corrected chi connectivity index (χ4v) is 2.24. The van der Waals surface area contributed by atoms with Gasteiger partial charge in [0.1, 0.15) is 5.82 Å². The first-order valence-corrected chi connectivity index (χ1v) is 7.01. The third kappa shape index (κ3) is 3.67. The number of nitrogens with one attached hydrogen (secondary N) is 2. The van der Waals surface area contributed by atoms with Crippen LogP contribution in [0.25, 0.3) is 0 Å². The zero-order valence-corrected chi connectivity index (χ0v) is 12.2. The Hall–Kier alpha value is -2.20. The molecule has 0 spiro atoms. The number of halogens is 1. The second-order valence-corrected chi connectivity index (χ2v) is 4.80. The molecule has 2 N–H and O–H groups in total. The van der Waals surface area contributed by atoms with Crippen molar-refractivity contribution in [1.82, 2.24) is 5.32 Å². The summed E-state index contributed by atoms with van der Waals surface area (Å²) >= 11 is 0. The van der Waals surface area contributed by atoms with Crippen molar-refractivity contribution in [2.24, 2.45) is 0 Å². The van der Waals surface area contributed by atoms with Crippen LogP contribution in [0.1, 0.15) is 35.8 Å². The Labute approximate surface area is 124 Å². The molecule has 0 saturated heterocycles. The number of hydrogen-bond donors (Lipinski definition) is 2. The number of carbonyl (C=O) groups is 1.